The Morgan fingerprint density at radius 2 is 1.89 bits per heavy atom. The Bertz CT molecular complexity index is 100. The Morgan fingerprint density at radius 3 is 2.22 bits per heavy atom. The fraction of sp³-hybridized carbons (Fsp3) is 1.00. The van der Waals surface area contributed by atoms with Crippen molar-refractivity contribution in [2.45, 2.75) is 33.0 Å². The molecule has 0 heterocycles. The summed E-state index contributed by atoms with van der Waals surface area (Å²) in [6.07, 6.45) is 5.81. The molecule has 0 saturated heterocycles. The van der Waals surface area contributed by atoms with Crippen molar-refractivity contribution in [1.82, 2.24) is 0 Å². The zero-order valence-electron chi connectivity index (χ0n) is 6.91. The van der Waals surface area contributed by atoms with Gasteiger partial charge in [0.1, 0.15) is 0 Å². The third-order valence-corrected chi connectivity index (χ3v) is 3.04. The number of hydrogen-bond donors (Lipinski definition) is 0. The maximum absolute atomic E-state index is 2.40. The van der Waals surface area contributed by atoms with Crippen molar-refractivity contribution in [3.63, 3.8) is 0 Å². The summed E-state index contributed by atoms with van der Waals surface area (Å²) in [7, 11) is 0. The van der Waals surface area contributed by atoms with Gasteiger partial charge in [0.05, 0.1) is 0 Å². The molecule has 1 fully saturated rings. The van der Waals surface area contributed by atoms with Crippen LogP contribution in [0.25, 0.3) is 0 Å². The molecule has 0 aromatic heterocycles. The van der Waals surface area contributed by atoms with Crippen LogP contribution in [0.1, 0.15) is 25.7 Å². The van der Waals surface area contributed by atoms with Gasteiger partial charge in [0, 0.05) is 0 Å². The van der Waals surface area contributed by atoms with Crippen molar-refractivity contribution < 1.29 is 0 Å². The summed E-state index contributed by atoms with van der Waals surface area (Å²) in [5.74, 6) is 0. The number of rotatable bonds is 0. The molecule has 0 bridgehead atoms. The van der Waals surface area contributed by atoms with Crippen molar-refractivity contribution >= 4 is 53.1 Å². The summed E-state index contributed by atoms with van der Waals surface area (Å²) in [6.45, 7) is 0. The van der Waals surface area contributed by atoms with Gasteiger partial charge in [-0.1, -0.05) is 0 Å². The van der Waals surface area contributed by atoms with E-state index in [1.807, 2.05) is 0 Å². The molecule has 0 amide bonds. The fourth-order valence-corrected chi connectivity index (χ4v) is 1.67. The van der Waals surface area contributed by atoms with Crippen LogP contribution in [0.2, 0.25) is 7.35 Å². The maximum atomic E-state index is 2.40. The Kier molecular flexibility index (Phi) is 3.42. The molecule has 1 aliphatic carbocycles. The second-order valence-corrected chi connectivity index (χ2v) is 4.14. The van der Waals surface area contributed by atoms with Crippen LogP contribution in [0.5, 0.6) is 0 Å². The van der Waals surface area contributed by atoms with E-state index in [0.29, 0.717) is 2.76 Å². The molecule has 36 valence electrons. The van der Waals surface area contributed by atoms with Gasteiger partial charge in [-0.15, -0.1) is 0 Å². The van der Waals surface area contributed by atoms with Gasteiger partial charge in [0.15, 0.2) is 0 Å². The summed E-state index contributed by atoms with van der Waals surface area (Å²) >= 11 is 7.19. The SMILES string of the molecule is [Li][CH]1CCCC[C]1([Li])[Li]. The zero-order valence-corrected chi connectivity index (χ0v) is 6.91. The van der Waals surface area contributed by atoms with Crippen LogP contribution in [-0.4, -0.2) is 53.1 Å². The third-order valence-electron chi connectivity index (χ3n) is 3.04. The Labute approximate surface area is 85.5 Å². The molecular weight excluding hydrogens is 92.9 g/mol. The Hall–Kier alpha value is 1.79. The van der Waals surface area contributed by atoms with E-state index in [1.165, 1.54) is 25.7 Å². The molecule has 1 aliphatic rings. The summed E-state index contributed by atoms with van der Waals surface area (Å²) in [4.78, 5) is 0. The summed E-state index contributed by atoms with van der Waals surface area (Å²) in [5.41, 5.74) is 0. The van der Waals surface area contributed by atoms with Crippen LogP contribution >= 0.6 is 0 Å². The van der Waals surface area contributed by atoms with E-state index in [9.17, 15) is 0 Å². The minimum atomic E-state index is 0.637. The van der Waals surface area contributed by atoms with Crippen molar-refractivity contribution in [3.8, 4) is 0 Å². The molecule has 1 saturated carbocycles. The third kappa shape index (κ3) is 2.38. The molecule has 0 radical (unpaired) electrons. The van der Waals surface area contributed by atoms with E-state index in [1.54, 1.807) is 0 Å². The summed E-state index contributed by atoms with van der Waals surface area (Å²) in [5, 5.41) is 0. The molecule has 1 rings (SSSR count). The quantitative estimate of drug-likeness (QED) is 0.400. The van der Waals surface area contributed by atoms with Gasteiger partial charge in [0.25, 0.3) is 0 Å². The first kappa shape index (κ1) is 8.88. The molecule has 0 nitrogen and oxygen atoms in total. The van der Waals surface area contributed by atoms with Crippen molar-refractivity contribution in [2.24, 2.45) is 0 Å². The van der Waals surface area contributed by atoms with Gasteiger partial charge in [-0.3, -0.25) is 0 Å². The first-order valence-corrected chi connectivity index (χ1v) is 4.13. The van der Waals surface area contributed by atoms with Gasteiger partial charge in [-0.05, 0) is 0 Å². The standard InChI is InChI=1S/C6H9.3Li/c1-2-4-6-5-3-1;;;/h1H,2,4-6H2;;;. The molecule has 0 spiro atoms. The minimum absolute atomic E-state index is 0.637. The first-order chi connectivity index (χ1) is 4.13. The van der Waals surface area contributed by atoms with Gasteiger partial charge < -0.3 is 0 Å². The molecular formula is C6H9Li3. The monoisotopic (exact) mass is 102 g/mol. The van der Waals surface area contributed by atoms with Crippen LogP contribution in [0, 0.1) is 0 Å². The molecule has 1 atom stereocenters. The molecule has 1 unspecified atom stereocenters. The van der Waals surface area contributed by atoms with E-state index in [0.717, 1.165) is 4.59 Å². The molecule has 0 aliphatic heterocycles. The Balaban J connectivity index is 2.49. The van der Waals surface area contributed by atoms with E-state index < -0.39 is 0 Å². The average Bonchev–Trinajstić information content (AvgIpc) is 1.77. The summed E-state index contributed by atoms with van der Waals surface area (Å²) < 4.78 is 1.59. The molecule has 3 heteroatoms. The van der Waals surface area contributed by atoms with Crippen molar-refractivity contribution in [2.75, 3.05) is 0 Å². The van der Waals surface area contributed by atoms with Crippen LogP contribution in [0.4, 0.5) is 0 Å². The second kappa shape index (κ2) is 3.46. The normalized spacial score (nSPS) is 34.7. The van der Waals surface area contributed by atoms with Crippen molar-refractivity contribution in [3.05, 3.63) is 0 Å². The zero-order chi connectivity index (χ0) is 6.91. The molecule has 9 heavy (non-hydrogen) atoms. The number of hydrogen-bond acceptors (Lipinski definition) is 0. The predicted octanol–water partition coefficient (Wildman–Crippen LogP) is 0.971. The van der Waals surface area contributed by atoms with Crippen LogP contribution in [0.3, 0.4) is 0 Å². The van der Waals surface area contributed by atoms with Gasteiger partial charge in [0.2, 0.25) is 0 Å². The van der Waals surface area contributed by atoms with Gasteiger partial charge in [-0.25, -0.2) is 0 Å². The van der Waals surface area contributed by atoms with Gasteiger partial charge in [-0.2, -0.15) is 0 Å². The fourth-order valence-electron chi connectivity index (χ4n) is 1.67. The molecule has 0 N–H and O–H groups in total. The van der Waals surface area contributed by atoms with E-state index in [2.05, 4.69) is 53.1 Å². The molecule has 0 aromatic carbocycles. The second-order valence-electron chi connectivity index (χ2n) is 4.14. The first-order valence-electron chi connectivity index (χ1n) is 4.13. The van der Waals surface area contributed by atoms with E-state index >= 15 is 0 Å². The average molecular weight is 102 g/mol. The van der Waals surface area contributed by atoms with E-state index in [-0.39, 0.29) is 0 Å². The van der Waals surface area contributed by atoms with Crippen LogP contribution < -0.4 is 0 Å². The van der Waals surface area contributed by atoms with Crippen molar-refractivity contribution in [1.29, 1.82) is 0 Å². The van der Waals surface area contributed by atoms with Crippen LogP contribution in [-0.2, 0) is 0 Å². The van der Waals surface area contributed by atoms with Gasteiger partial charge >= 0.3 is 86.2 Å². The topological polar surface area (TPSA) is 0 Å². The molecule has 0 aromatic rings. The predicted molar refractivity (Wildman–Crippen MR) is 42.2 cm³/mol. The summed E-state index contributed by atoms with van der Waals surface area (Å²) in [6, 6.07) is 0. The van der Waals surface area contributed by atoms with E-state index in [4.69, 9.17) is 0 Å². The Morgan fingerprint density at radius 1 is 1.22 bits per heavy atom. The van der Waals surface area contributed by atoms with Crippen LogP contribution in [0.15, 0.2) is 0 Å².